The largest absolute Gasteiger partial charge is 0.495 e. The van der Waals surface area contributed by atoms with Gasteiger partial charge in [0.05, 0.1) is 12.8 Å². The summed E-state index contributed by atoms with van der Waals surface area (Å²) in [6.45, 7) is 0.116. The molecule has 0 bridgehead atoms. The third-order valence-electron chi connectivity index (χ3n) is 4.14. The number of urea groups is 1. The molecule has 0 aromatic heterocycles. The van der Waals surface area contributed by atoms with Gasteiger partial charge in [-0.2, -0.15) is 0 Å². The highest BCUT2D eigenvalue weighted by atomic mass is 16.7. The predicted molar refractivity (Wildman–Crippen MR) is 94.6 cm³/mol. The van der Waals surface area contributed by atoms with E-state index in [0.717, 1.165) is 4.90 Å². The van der Waals surface area contributed by atoms with Crippen molar-refractivity contribution in [2.24, 2.45) is 0 Å². The number of hydrogen-bond donors (Lipinski definition) is 1. The van der Waals surface area contributed by atoms with E-state index < -0.39 is 17.8 Å². The Balaban J connectivity index is 1.74. The lowest BCUT2D eigenvalue weighted by atomic mass is 10.1. The van der Waals surface area contributed by atoms with Gasteiger partial charge in [0, 0.05) is 0 Å². The van der Waals surface area contributed by atoms with Gasteiger partial charge in [0.25, 0.3) is 11.8 Å². The molecule has 0 spiro atoms. The number of imide groups is 2. The molecular weight excluding hydrogens is 352 g/mol. The number of ether oxygens (including phenoxy) is 3. The molecule has 2 heterocycles. The van der Waals surface area contributed by atoms with Gasteiger partial charge in [0.1, 0.15) is 11.3 Å². The zero-order valence-electron chi connectivity index (χ0n) is 14.2. The van der Waals surface area contributed by atoms with Crippen molar-refractivity contribution in [1.82, 2.24) is 5.32 Å². The summed E-state index contributed by atoms with van der Waals surface area (Å²) in [5.41, 5.74) is 0.623. The molecule has 27 heavy (non-hydrogen) atoms. The number of anilines is 1. The van der Waals surface area contributed by atoms with E-state index in [4.69, 9.17) is 14.2 Å². The number of nitrogens with zero attached hydrogens (tertiary/aromatic N) is 1. The fraction of sp³-hybridized carbons (Fsp3) is 0.105. The monoisotopic (exact) mass is 366 g/mol. The third kappa shape index (κ3) is 2.86. The van der Waals surface area contributed by atoms with E-state index in [1.165, 1.54) is 13.2 Å². The number of nitrogens with one attached hydrogen (secondary N) is 1. The normalized spacial score (nSPS) is 17.3. The Kier molecular flexibility index (Phi) is 4.00. The van der Waals surface area contributed by atoms with E-state index >= 15 is 0 Å². The highest BCUT2D eigenvalue weighted by Crippen LogP contribution is 2.34. The zero-order valence-corrected chi connectivity index (χ0v) is 14.2. The van der Waals surface area contributed by atoms with Crippen LogP contribution < -0.4 is 24.4 Å². The number of para-hydroxylation sites is 2. The molecule has 1 fully saturated rings. The molecule has 2 aromatic carbocycles. The first-order chi connectivity index (χ1) is 13.1. The van der Waals surface area contributed by atoms with Gasteiger partial charge in [-0.15, -0.1) is 0 Å². The van der Waals surface area contributed by atoms with Gasteiger partial charge < -0.3 is 14.2 Å². The summed E-state index contributed by atoms with van der Waals surface area (Å²) in [6, 6.07) is 10.7. The molecule has 0 saturated carbocycles. The number of benzene rings is 2. The molecule has 0 atom stereocenters. The molecule has 0 aliphatic carbocycles. The van der Waals surface area contributed by atoms with E-state index in [1.54, 1.807) is 42.5 Å². The van der Waals surface area contributed by atoms with Gasteiger partial charge in [-0.05, 0) is 35.9 Å². The summed E-state index contributed by atoms with van der Waals surface area (Å²) in [4.78, 5) is 38.3. The van der Waals surface area contributed by atoms with Crippen LogP contribution in [0, 0.1) is 0 Å². The second-order valence-corrected chi connectivity index (χ2v) is 5.74. The van der Waals surface area contributed by atoms with Gasteiger partial charge in [0.2, 0.25) is 6.79 Å². The number of methoxy groups -OCH3 is 1. The number of rotatable bonds is 3. The van der Waals surface area contributed by atoms with Crippen LogP contribution in [0.5, 0.6) is 17.2 Å². The zero-order chi connectivity index (χ0) is 19.0. The molecule has 0 radical (unpaired) electrons. The first kappa shape index (κ1) is 16.6. The average Bonchev–Trinajstić information content (AvgIpc) is 3.13. The maximum atomic E-state index is 12.9. The number of carbonyl (C=O) groups is 3. The average molecular weight is 366 g/mol. The molecule has 2 aliphatic heterocycles. The van der Waals surface area contributed by atoms with Gasteiger partial charge in [-0.25, -0.2) is 9.69 Å². The van der Waals surface area contributed by atoms with Crippen LogP contribution in [0.2, 0.25) is 0 Å². The summed E-state index contributed by atoms with van der Waals surface area (Å²) in [5, 5.41) is 2.18. The molecule has 2 aromatic rings. The summed E-state index contributed by atoms with van der Waals surface area (Å²) in [6.07, 6.45) is 1.40. The van der Waals surface area contributed by atoms with Gasteiger partial charge in [0.15, 0.2) is 11.5 Å². The van der Waals surface area contributed by atoms with Gasteiger partial charge >= 0.3 is 6.03 Å². The van der Waals surface area contributed by atoms with Crippen LogP contribution in [0.3, 0.4) is 0 Å². The smallest absolute Gasteiger partial charge is 0.336 e. The van der Waals surface area contributed by atoms with E-state index in [2.05, 4.69) is 5.32 Å². The molecule has 8 nitrogen and oxygen atoms in total. The molecule has 0 unspecified atom stereocenters. The first-order valence-electron chi connectivity index (χ1n) is 8.02. The van der Waals surface area contributed by atoms with Crippen LogP contribution in [0.25, 0.3) is 6.08 Å². The topological polar surface area (TPSA) is 94.2 Å². The van der Waals surface area contributed by atoms with Crippen molar-refractivity contribution in [3.05, 3.63) is 53.6 Å². The van der Waals surface area contributed by atoms with Crippen LogP contribution in [0.15, 0.2) is 48.0 Å². The van der Waals surface area contributed by atoms with Crippen LogP contribution >= 0.6 is 0 Å². The summed E-state index contributed by atoms with van der Waals surface area (Å²) in [7, 11) is 1.43. The highest BCUT2D eigenvalue weighted by molar-refractivity contribution is 6.39. The van der Waals surface area contributed by atoms with Crippen molar-refractivity contribution in [3.8, 4) is 17.2 Å². The Morgan fingerprint density at radius 2 is 1.85 bits per heavy atom. The number of fused-ring (bicyclic) bond motifs is 1. The fourth-order valence-electron chi connectivity index (χ4n) is 2.86. The van der Waals surface area contributed by atoms with Crippen LogP contribution in [-0.4, -0.2) is 31.7 Å². The number of hydrogen-bond acceptors (Lipinski definition) is 6. The lowest BCUT2D eigenvalue weighted by Gasteiger charge is -2.27. The van der Waals surface area contributed by atoms with Gasteiger partial charge in [-0.1, -0.05) is 18.2 Å². The van der Waals surface area contributed by atoms with Crippen molar-refractivity contribution in [2.45, 2.75) is 0 Å². The summed E-state index contributed by atoms with van der Waals surface area (Å²) >= 11 is 0. The number of carbonyl (C=O) groups excluding carboxylic acids is 3. The van der Waals surface area contributed by atoms with E-state index in [9.17, 15) is 14.4 Å². The molecular formula is C19H14N2O6. The minimum Gasteiger partial charge on any atom is -0.495 e. The lowest BCUT2D eigenvalue weighted by Crippen LogP contribution is -2.54. The molecule has 8 heteroatoms. The van der Waals surface area contributed by atoms with E-state index in [-0.39, 0.29) is 18.1 Å². The van der Waals surface area contributed by atoms with Crippen LogP contribution in [-0.2, 0) is 9.59 Å². The van der Waals surface area contributed by atoms with Crippen molar-refractivity contribution in [2.75, 3.05) is 18.8 Å². The Labute approximate surface area is 153 Å². The van der Waals surface area contributed by atoms with E-state index in [1.807, 2.05) is 0 Å². The molecule has 1 saturated heterocycles. The maximum Gasteiger partial charge on any atom is 0.336 e. The SMILES string of the molecule is COc1ccccc1N1C(=O)NC(=O)/C(=C/c2ccc3c(c2)OCO3)C1=O. The van der Waals surface area contributed by atoms with E-state index in [0.29, 0.717) is 22.8 Å². The third-order valence-corrected chi connectivity index (χ3v) is 4.14. The Morgan fingerprint density at radius 3 is 2.67 bits per heavy atom. The minimum atomic E-state index is -0.836. The fourth-order valence-corrected chi connectivity index (χ4v) is 2.86. The first-order valence-corrected chi connectivity index (χ1v) is 8.02. The quantitative estimate of drug-likeness (QED) is 0.660. The molecule has 4 rings (SSSR count). The van der Waals surface area contributed by atoms with Crippen LogP contribution in [0.1, 0.15) is 5.56 Å². The maximum absolute atomic E-state index is 12.9. The number of barbiturate groups is 1. The number of amides is 4. The second kappa shape index (κ2) is 6.49. The molecule has 1 N–H and O–H groups in total. The standard InChI is InChI=1S/C19H14N2O6/c1-25-14-5-3-2-4-13(14)21-18(23)12(17(22)20-19(21)24)8-11-6-7-15-16(9-11)27-10-26-15/h2-9H,10H2,1H3,(H,20,22,24)/b12-8-. The van der Waals surface area contributed by atoms with Crippen molar-refractivity contribution in [3.63, 3.8) is 0 Å². The molecule has 136 valence electrons. The Hall–Kier alpha value is -3.81. The van der Waals surface area contributed by atoms with Gasteiger partial charge in [-0.3, -0.25) is 14.9 Å². The van der Waals surface area contributed by atoms with Crippen molar-refractivity contribution in [1.29, 1.82) is 0 Å². The lowest BCUT2D eigenvalue weighted by molar-refractivity contribution is -0.122. The summed E-state index contributed by atoms with van der Waals surface area (Å²) < 4.78 is 15.8. The summed E-state index contributed by atoms with van der Waals surface area (Å²) in [5.74, 6) is -0.0782. The molecule has 2 aliphatic rings. The molecule has 4 amide bonds. The second-order valence-electron chi connectivity index (χ2n) is 5.74. The Morgan fingerprint density at radius 1 is 1.07 bits per heavy atom. The highest BCUT2D eigenvalue weighted by Gasteiger charge is 2.38. The minimum absolute atomic E-state index is 0.116. The van der Waals surface area contributed by atoms with Crippen molar-refractivity contribution < 1.29 is 28.6 Å². The predicted octanol–water partition coefficient (Wildman–Crippen LogP) is 2.09. The Bertz CT molecular complexity index is 997. The van der Waals surface area contributed by atoms with Crippen molar-refractivity contribution >= 4 is 29.6 Å². The van der Waals surface area contributed by atoms with Crippen LogP contribution in [0.4, 0.5) is 10.5 Å².